The fraction of sp³-hybridized carbons (Fsp3) is 0.222. The number of aryl methyl sites for hydroxylation is 1. The van der Waals surface area contributed by atoms with Crippen LogP contribution in [0.1, 0.15) is 5.69 Å². The van der Waals surface area contributed by atoms with Gasteiger partial charge in [-0.1, -0.05) is 0 Å². The van der Waals surface area contributed by atoms with Gasteiger partial charge in [-0.2, -0.15) is 5.10 Å². The first kappa shape index (κ1) is 8.68. The minimum atomic E-state index is 0.607. The Hall–Kier alpha value is -1.91. The molecule has 0 spiro atoms. The predicted octanol–water partition coefficient (Wildman–Crippen LogP) is 0.979. The number of aromatic nitrogens is 4. The van der Waals surface area contributed by atoms with E-state index in [-0.39, 0.29) is 0 Å². The van der Waals surface area contributed by atoms with Crippen LogP contribution in [0.4, 0.5) is 0 Å². The largest absolute Gasteiger partial charge is 0.491 e. The highest BCUT2D eigenvalue weighted by Gasteiger charge is 2.06. The molecule has 2 heterocycles. The van der Waals surface area contributed by atoms with Crippen LogP contribution in [0, 0.1) is 6.92 Å². The van der Waals surface area contributed by atoms with E-state index in [4.69, 9.17) is 4.74 Å². The third-order valence-corrected chi connectivity index (χ3v) is 1.82. The maximum absolute atomic E-state index is 5.12. The van der Waals surface area contributed by atoms with E-state index in [1.54, 1.807) is 18.0 Å². The van der Waals surface area contributed by atoms with Gasteiger partial charge in [-0.3, -0.25) is 0 Å². The van der Waals surface area contributed by atoms with Gasteiger partial charge in [-0.25, -0.2) is 14.6 Å². The Labute approximate surface area is 81.4 Å². The molecule has 2 aromatic rings. The van der Waals surface area contributed by atoms with Crippen LogP contribution in [0.5, 0.6) is 5.75 Å². The molecule has 0 bridgehead atoms. The van der Waals surface area contributed by atoms with Crippen molar-refractivity contribution in [2.45, 2.75) is 6.92 Å². The van der Waals surface area contributed by atoms with Crippen molar-refractivity contribution in [1.29, 1.82) is 0 Å². The van der Waals surface area contributed by atoms with Crippen LogP contribution in [-0.4, -0.2) is 26.9 Å². The Morgan fingerprint density at radius 1 is 1.43 bits per heavy atom. The van der Waals surface area contributed by atoms with E-state index in [0.717, 1.165) is 5.69 Å². The summed E-state index contributed by atoms with van der Waals surface area (Å²) >= 11 is 0. The lowest BCUT2D eigenvalue weighted by molar-refractivity contribution is 0.407. The molecule has 0 aliphatic rings. The number of rotatable bonds is 2. The lowest BCUT2D eigenvalue weighted by Crippen LogP contribution is -2.02. The highest BCUT2D eigenvalue weighted by Crippen LogP contribution is 2.16. The Bertz CT molecular complexity index is 438. The molecule has 0 N–H and O–H groups in total. The number of ether oxygens (including phenoxy) is 1. The maximum Gasteiger partial charge on any atom is 0.199 e. The van der Waals surface area contributed by atoms with Gasteiger partial charge in [-0.05, 0) is 13.0 Å². The van der Waals surface area contributed by atoms with Crippen molar-refractivity contribution in [3.63, 3.8) is 0 Å². The van der Waals surface area contributed by atoms with E-state index in [2.05, 4.69) is 15.1 Å². The normalized spacial score (nSPS) is 10.1. The Morgan fingerprint density at radius 3 is 2.93 bits per heavy atom. The lowest BCUT2D eigenvalue weighted by atomic mass is 10.5. The summed E-state index contributed by atoms with van der Waals surface area (Å²) in [4.78, 5) is 7.97. The van der Waals surface area contributed by atoms with Crippen molar-refractivity contribution >= 4 is 0 Å². The zero-order valence-electron chi connectivity index (χ0n) is 8.01. The lowest BCUT2D eigenvalue weighted by Gasteiger charge is -2.04. The van der Waals surface area contributed by atoms with E-state index in [0.29, 0.717) is 11.6 Å². The predicted molar refractivity (Wildman–Crippen MR) is 50.4 cm³/mol. The van der Waals surface area contributed by atoms with E-state index >= 15 is 0 Å². The van der Waals surface area contributed by atoms with Gasteiger partial charge in [0, 0.05) is 6.20 Å². The second kappa shape index (κ2) is 3.45. The van der Waals surface area contributed by atoms with Crippen LogP contribution in [0.2, 0.25) is 0 Å². The summed E-state index contributed by atoms with van der Waals surface area (Å²) < 4.78 is 6.79. The van der Waals surface area contributed by atoms with E-state index in [1.165, 1.54) is 6.33 Å². The zero-order chi connectivity index (χ0) is 9.97. The van der Waals surface area contributed by atoms with Gasteiger partial charge in [-0.15, -0.1) is 0 Å². The van der Waals surface area contributed by atoms with Gasteiger partial charge < -0.3 is 4.74 Å². The average molecular weight is 190 g/mol. The molecule has 2 aromatic heterocycles. The highest BCUT2D eigenvalue weighted by atomic mass is 16.5. The molecule has 0 aliphatic heterocycles. The summed E-state index contributed by atoms with van der Waals surface area (Å²) in [7, 11) is 1.58. The third kappa shape index (κ3) is 1.44. The molecule has 0 amide bonds. The summed E-state index contributed by atoms with van der Waals surface area (Å²) in [6, 6.07) is 1.90. The molecule has 2 rings (SSSR count). The smallest absolute Gasteiger partial charge is 0.199 e. The Kier molecular flexibility index (Phi) is 2.14. The molecule has 0 aliphatic carbocycles. The van der Waals surface area contributed by atoms with Crippen LogP contribution >= 0.6 is 0 Å². The first-order chi connectivity index (χ1) is 6.81. The topological polar surface area (TPSA) is 52.8 Å². The number of methoxy groups -OCH3 is 1. The fourth-order valence-corrected chi connectivity index (χ4v) is 1.16. The minimum absolute atomic E-state index is 0.607. The maximum atomic E-state index is 5.12. The summed E-state index contributed by atoms with van der Waals surface area (Å²) in [5.41, 5.74) is 0.936. The first-order valence-corrected chi connectivity index (χ1v) is 4.18. The van der Waals surface area contributed by atoms with Gasteiger partial charge >= 0.3 is 0 Å². The van der Waals surface area contributed by atoms with Crippen LogP contribution in [0.3, 0.4) is 0 Å². The number of nitrogens with zero attached hydrogens (tertiary/aromatic N) is 4. The summed E-state index contributed by atoms with van der Waals surface area (Å²) in [5, 5.41) is 4.24. The third-order valence-electron chi connectivity index (χ3n) is 1.82. The SMILES string of the molecule is COc1cncnc1-n1ccc(C)n1. The number of hydrogen-bond acceptors (Lipinski definition) is 4. The van der Waals surface area contributed by atoms with Crippen molar-refractivity contribution in [2.24, 2.45) is 0 Å². The molecule has 0 aromatic carbocycles. The van der Waals surface area contributed by atoms with E-state index < -0.39 is 0 Å². The fourth-order valence-electron chi connectivity index (χ4n) is 1.16. The molecule has 5 heteroatoms. The summed E-state index contributed by atoms with van der Waals surface area (Å²) in [5.74, 6) is 1.26. The van der Waals surface area contributed by atoms with Crippen molar-refractivity contribution in [1.82, 2.24) is 19.7 Å². The van der Waals surface area contributed by atoms with E-state index in [9.17, 15) is 0 Å². The second-order valence-corrected chi connectivity index (χ2v) is 2.82. The van der Waals surface area contributed by atoms with Gasteiger partial charge in [0.1, 0.15) is 6.33 Å². The van der Waals surface area contributed by atoms with Crippen LogP contribution in [0.25, 0.3) is 5.82 Å². The second-order valence-electron chi connectivity index (χ2n) is 2.82. The molecule has 14 heavy (non-hydrogen) atoms. The molecule has 0 saturated carbocycles. The molecule has 0 unspecified atom stereocenters. The van der Waals surface area contributed by atoms with Gasteiger partial charge in [0.25, 0.3) is 0 Å². The molecular formula is C9H10N4O. The van der Waals surface area contributed by atoms with Crippen LogP contribution in [-0.2, 0) is 0 Å². The molecule has 0 atom stereocenters. The minimum Gasteiger partial charge on any atom is -0.491 e. The molecular weight excluding hydrogens is 180 g/mol. The average Bonchev–Trinajstić information content (AvgIpc) is 2.65. The molecule has 5 nitrogen and oxygen atoms in total. The Morgan fingerprint density at radius 2 is 2.29 bits per heavy atom. The van der Waals surface area contributed by atoms with Gasteiger partial charge in [0.15, 0.2) is 11.6 Å². The number of hydrogen-bond donors (Lipinski definition) is 0. The highest BCUT2D eigenvalue weighted by molar-refractivity contribution is 5.36. The van der Waals surface area contributed by atoms with Crippen molar-refractivity contribution in [3.05, 3.63) is 30.5 Å². The summed E-state index contributed by atoms with van der Waals surface area (Å²) in [6.07, 6.45) is 4.91. The van der Waals surface area contributed by atoms with Crippen molar-refractivity contribution in [2.75, 3.05) is 7.11 Å². The van der Waals surface area contributed by atoms with E-state index in [1.807, 2.05) is 19.2 Å². The zero-order valence-corrected chi connectivity index (χ0v) is 8.01. The standard InChI is InChI=1S/C9H10N4O/c1-7-3-4-13(12-7)9-8(14-2)5-10-6-11-9/h3-6H,1-2H3. The quantitative estimate of drug-likeness (QED) is 0.708. The van der Waals surface area contributed by atoms with Crippen LogP contribution < -0.4 is 4.74 Å². The Balaban J connectivity index is 2.50. The van der Waals surface area contributed by atoms with Crippen molar-refractivity contribution in [3.8, 4) is 11.6 Å². The molecule has 0 radical (unpaired) electrons. The van der Waals surface area contributed by atoms with Crippen LogP contribution in [0.15, 0.2) is 24.8 Å². The first-order valence-electron chi connectivity index (χ1n) is 4.18. The molecule has 0 saturated heterocycles. The van der Waals surface area contributed by atoms with Gasteiger partial charge in [0.2, 0.25) is 0 Å². The van der Waals surface area contributed by atoms with Crippen molar-refractivity contribution < 1.29 is 4.74 Å². The molecule has 0 fully saturated rings. The molecule has 72 valence electrons. The summed E-state index contributed by atoms with van der Waals surface area (Å²) in [6.45, 7) is 1.92. The van der Waals surface area contributed by atoms with Gasteiger partial charge in [0.05, 0.1) is 19.0 Å². The monoisotopic (exact) mass is 190 g/mol.